The molecule has 2 amide bonds. The van der Waals surface area contributed by atoms with Crippen molar-refractivity contribution in [1.29, 1.82) is 0 Å². The maximum Gasteiger partial charge on any atom is 0.260 e. The van der Waals surface area contributed by atoms with Gasteiger partial charge in [0.1, 0.15) is 11.4 Å². The van der Waals surface area contributed by atoms with Crippen LogP contribution >= 0.6 is 11.6 Å². The highest BCUT2D eigenvalue weighted by Crippen LogP contribution is 2.19. The van der Waals surface area contributed by atoms with E-state index in [1.165, 1.54) is 12.3 Å². The van der Waals surface area contributed by atoms with Gasteiger partial charge in [-0.15, -0.1) is 0 Å². The summed E-state index contributed by atoms with van der Waals surface area (Å²) in [5, 5.41) is 3.02. The van der Waals surface area contributed by atoms with Crippen molar-refractivity contribution in [3.63, 3.8) is 0 Å². The van der Waals surface area contributed by atoms with Gasteiger partial charge in [0.2, 0.25) is 5.91 Å². The zero-order chi connectivity index (χ0) is 19.4. The lowest BCUT2D eigenvalue weighted by Gasteiger charge is -2.35. The monoisotopic (exact) mass is 389 g/mol. The maximum absolute atomic E-state index is 12.3. The minimum absolute atomic E-state index is 0.0389. The summed E-state index contributed by atoms with van der Waals surface area (Å²) >= 11 is 5.84. The van der Waals surface area contributed by atoms with Crippen LogP contribution < -0.4 is 15.8 Å². The van der Waals surface area contributed by atoms with Crippen LogP contribution in [0.4, 0.5) is 5.82 Å². The van der Waals surface area contributed by atoms with Crippen molar-refractivity contribution < 1.29 is 9.59 Å². The van der Waals surface area contributed by atoms with E-state index in [1.54, 1.807) is 24.1 Å². The SMILES string of the molecule is CC(=O)N1CCN(c2ncccc2CNC(=O)c2cc(Cl)c[nH]c2=O)CC1. The normalized spacial score (nSPS) is 14.1. The van der Waals surface area contributed by atoms with Crippen LogP contribution in [0.5, 0.6) is 0 Å². The van der Waals surface area contributed by atoms with Crippen LogP contribution in [0.3, 0.4) is 0 Å². The molecule has 2 N–H and O–H groups in total. The summed E-state index contributed by atoms with van der Waals surface area (Å²) in [6.07, 6.45) is 3.03. The molecule has 0 bridgehead atoms. The van der Waals surface area contributed by atoms with E-state index in [2.05, 4.69) is 20.2 Å². The van der Waals surface area contributed by atoms with Crippen LogP contribution in [0.25, 0.3) is 0 Å². The van der Waals surface area contributed by atoms with Gasteiger partial charge in [-0.3, -0.25) is 14.4 Å². The van der Waals surface area contributed by atoms with Gasteiger partial charge < -0.3 is 20.1 Å². The van der Waals surface area contributed by atoms with Gasteiger partial charge in [0.05, 0.1) is 5.02 Å². The minimum Gasteiger partial charge on any atom is -0.353 e. The third-order valence-electron chi connectivity index (χ3n) is 4.44. The van der Waals surface area contributed by atoms with Crippen molar-refractivity contribution in [2.24, 2.45) is 0 Å². The number of carbonyl (C=O) groups is 2. The van der Waals surface area contributed by atoms with E-state index in [-0.39, 0.29) is 23.0 Å². The third kappa shape index (κ3) is 4.46. The van der Waals surface area contributed by atoms with E-state index in [0.29, 0.717) is 26.2 Å². The molecule has 3 rings (SSSR count). The molecule has 2 aromatic heterocycles. The molecule has 0 saturated carbocycles. The van der Waals surface area contributed by atoms with E-state index in [9.17, 15) is 14.4 Å². The van der Waals surface area contributed by atoms with Crippen LogP contribution in [0, 0.1) is 0 Å². The lowest BCUT2D eigenvalue weighted by Crippen LogP contribution is -2.48. The van der Waals surface area contributed by atoms with E-state index >= 15 is 0 Å². The average molecular weight is 390 g/mol. The number of rotatable bonds is 4. The Kier molecular flexibility index (Phi) is 5.75. The van der Waals surface area contributed by atoms with Gasteiger partial charge in [-0.1, -0.05) is 17.7 Å². The second-order valence-corrected chi connectivity index (χ2v) is 6.66. The second-order valence-electron chi connectivity index (χ2n) is 6.22. The predicted molar refractivity (Wildman–Crippen MR) is 102 cm³/mol. The Morgan fingerprint density at radius 3 is 2.74 bits per heavy atom. The molecule has 2 aromatic rings. The number of H-pyrrole nitrogens is 1. The number of hydrogen-bond donors (Lipinski definition) is 2. The van der Waals surface area contributed by atoms with E-state index in [0.717, 1.165) is 11.4 Å². The van der Waals surface area contributed by atoms with Crippen molar-refractivity contribution in [3.05, 3.63) is 57.1 Å². The van der Waals surface area contributed by atoms with Gasteiger partial charge in [0.25, 0.3) is 11.5 Å². The zero-order valence-corrected chi connectivity index (χ0v) is 15.6. The summed E-state index contributed by atoms with van der Waals surface area (Å²) in [6.45, 7) is 4.40. The number of aromatic nitrogens is 2. The number of nitrogens with zero attached hydrogens (tertiary/aromatic N) is 3. The first-order valence-corrected chi connectivity index (χ1v) is 8.94. The summed E-state index contributed by atoms with van der Waals surface area (Å²) in [4.78, 5) is 46.4. The molecule has 142 valence electrons. The quantitative estimate of drug-likeness (QED) is 0.813. The second kappa shape index (κ2) is 8.22. The smallest absolute Gasteiger partial charge is 0.260 e. The number of nitrogens with one attached hydrogen (secondary N) is 2. The number of carbonyl (C=O) groups excluding carboxylic acids is 2. The Morgan fingerprint density at radius 1 is 1.30 bits per heavy atom. The average Bonchev–Trinajstić information content (AvgIpc) is 2.68. The lowest BCUT2D eigenvalue weighted by molar-refractivity contribution is -0.129. The summed E-state index contributed by atoms with van der Waals surface area (Å²) < 4.78 is 0. The number of aromatic amines is 1. The maximum atomic E-state index is 12.3. The topological polar surface area (TPSA) is 98.4 Å². The molecule has 27 heavy (non-hydrogen) atoms. The first-order chi connectivity index (χ1) is 13.0. The molecule has 1 fully saturated rings. The number of halogens is 1. The molecule has 8 nitrogen and oxygen atoms in total. The van der Waals surface area contributed by atoms with E-state index in [4.69, 9.17) is 11.6 Å². The Morgan fingerprint density at radius 2 is 2.04 bits per heavy atom. The molecule has 0 radical (unpaired) electrons. The first-order valence-electron chi connectivity index (χ1n) is 8.56. The molecule has 1 aliphatic heterocycles. The summed E-state index contributed by atoms with van der Waals surface area (Å²) in [5.41, 5.74) is 0.298. The highest BCUT2D eigenvalue weighted by molar-refractivity contribution is 6.30. The zero-order valence-electron chi connectivity index (χ0n) is 14.9. The number of anilines is 1. The molecule has 9 heteroatoms. The predicted octanol–water partition coefficient (Wildman–Crippen LogP) is 1.02. The standard InChI is InChI=1S/C18H20ClN5O3/c1-12(25)23-5-7-24(8-6-23)16-13(3-2-4-20-16)10-21-17(26)15-9-14(19)11-22-18(15)27/h2-4,9,11H,5-8,10H2,1H3,(H,21,26)(H,22,27). The number of pyridine rings is 2. The van der Waals surface area contributed by atoms with Gasteiger partial charge in [-0.25, -0.2) is 4.98 Å². The van der Waals surface area contributed by atoms with Crippen molar-refractivity contribution >= 4 is 29.2 Å². The van der Waals surface area contributed by atoms with Crippen LogP contribution in [-0.2, 0) is 11.3 Å². The molecular weight excluding hydrogens is 370 g/mol. The number of amides is 2. The van der Waals surface area contributed by atoms with Crippen LogP contribution in [0.1, 0.15) is 22.8 Å². The minimum atomic E-state index is -0.505. The Bertz CT molecular complexity index is 906. The fourth-order valence-electron chi connectivity index (χ4n) is 2.98. The van der Waals surface area contributed by atoms with Crippen LogP contribution in [0.15, 0.2) is 35.4 Å². The van der Waals surface area contributed by atoms with Gasteiger partial charge in [0.15, 0.2) is 0 Å². The van der Waals surface area contributed by atoms with Gasteiger partial charge in [-0.05, 0) is 12.1 Å². The first kappa shape index (κ1) is 18.9. The van der Waals surface area contributed by atoms with Gasteiger partial charge in [0, 0.05) is 57.6 Å². The third-order valence-corrected chi connectivity index (χ3v) is 4.66. The lowest BCUT2D eigenvalue weighted by atomic mass is 10.2. The van der Waals surface area contributed by atoms with Gasteiger partial charge in [-0.2, -0.15) is 0 Å². The molecule has 1 aliphatic rings. The fraction of sp³-hybridized carbons (Fsp3) is 0.333. The highest BCUT2D eigenvalue weighted by Gasteiger charge is 2.21. The molecule has 0 unspecified atom stereocenters. The van der Waals surface area contributed by atoms with Crippen molar-refractivity contribution in [2.45, 2.75) is 13.5 Å². The van der Waals surface area contributed by atoms with Crippen molar-refractivity contribution in [2.75, 3.05) is 31.1 Å². The Balaban J connectivity index is 1.70. The molecule has 0 atom stereocenters. The summed E-state index contributed by atoms with van der Waals surface area (Å²) in [6, 6.07) is 5.01. The van der Waals surface area contributed by atoms with Crippen LogP contribution in [-0.4, -0.2) is 52.9 Å². The molecule has 0 spiro atoms. The molecule has 1 saturated heterocycles. The number of piperazine rings is 1. The van der Waals surface area contributed by atoms with E-state index < -0.39 is 11.5 Å². The summed E-state index contributed by atoms with van der Waals surface area (Å²) in [7, 11) is 0. The van der Waals surface area contributed by atoms with E-state index in [1.807, 2.05) is 6.07 Å². The Labute approximate surface area is 161 Å². The fourth-order valence-corrected chi connectivity index (χ4v) is 3.15. The number of hydrogen-bond acceptors (Lipinski definition) is 5. The summed E-state index contributed by atoms with van der Waals surface area (Å²) in [5.74, 6) is 0.325. The van der Waals surface area contributed by atoms with Crippen molar-refractivity contribution in [1.82, 2.24) is 20.2 Å². The molecule has 0 aromatic carbocycles. The largest absolute Gasteiger partial charge is 0.353 e. The van der Waals surface area contributed by atoms with Crippen molar-refractivity contribution in [3.8, 4) is 0 Å². The molecular formula is C18H20ClN5O3. The van der Waals surface area contributed by atoms with Crippen LogP contribution in [0.2, 0.25) is 5.02 Å². The highest BCUT2D eigenvalue weighted by atomic mass is 35.5. The molecule has 0 aliphatic carbocycles. The van der Waals surface area contributed by atoms with Gasteiger partial charge >= 0.3 is 0 Å². The molecule has 3 heterocycles. The Hall–Kier alpha value is -2.87.